The Balaban J connectivity index is 4.71. The van der Waals surface area contributed by atoms with E-state index in [1.54, 1.807) is 0 Å². The van der Waals surface area contributed by atoms with E-state index in [0.717, 1.165) is 12.1 Å². The van der Waals surface area contributed by atoms with Gasteiger partial charge in [-0.3, -0.25) is 9.98 Å². The number of aliphatic imine (C=N–C) groups is 2. The Morgan fingerprint density at radius 1 is 1.35 bits per heavy atom. The van der Waals surface area contributed by atoms with Gasteiger partial charge in [-0.2, -0.15) is 0 Å². The summed E-state index contributed by atoms with van der Waals surface area (Å²) in [7, 11) is 0. The van der Waals surface area contributed by atoms with Crippen molar-refractivity contribution in [3.05, 3.63) is 11.3 Å². The third kappa shape index (κ3) is 6.40. The minimum Gasteiger partial charge on any atom is -0.293 e. The van der Waals surface area contributed by atoms with Crippen LogP contribution in [0.2, 0.25) is 0 Å². The van der Waals surface area contributed by atoms with Gasteiger partial charge < -0.3 is 0 Å². The van der Waals surface area contributed by atoms with Crippen LogP contribution in [0.5, 0.6) is 0 Å². The van der Waals surface area contributed by atoms with Crippen molar-refractivity contribution < 1.29 is 0 Å². The fourth-order valence-corrected chi connectivity index (χ4v) is 2.04. The Labute approximate surface area is 107 Å². The van der Waals surface area contributed by atoms with Crippen molar-refractivity contribution in [1.82, 2.24) is 0 Å². The Kier molecular flexibility index (Phi) is 8.65. The first-order chi connectivity index (χ1) is 8.06. The molecule has 0 aromatic carbocycles. The minimum atomic E-state index is 0.183. The standard InChI is InChI=1S/C15H28N2/c1-7-9-10-12(3)11-15(13(4)16-6)14(5)17-8-2/h8,12-13H,6-7,9-11H2,1-5H3/b15-14+,17-8-. The molecule has 0 aromatic rings. The molecule has 0 saturated carbocycles. The molecule has 0 amide bonds. The molecule has 0 radical (unpaired) electrons. The molecule has 0 aliphatic carbocycles. The summed E-state index contributed by atoms with van der Waals surface area (Å²) in [5.74, 6) is 0.705. The molecule has 2 unspecified atom stereocenters. The molecule has 0 N–H and O–H groups in total. The topological polar surface area (TPSA) is 24.7 Å². The summed E-state index contributed by atoms with van der Waals surface area (Å²) >= 11 is 0. The quantitative estimate of drug-likeness (QED) is 0.548. The third-order valence-corrected chi connectivity index (χ3v) is 3.18. The highest BCUT2D eigenvalue weighted by Gasteiger charge is 2.13. The Morgan fingerprint density at radius 3 is 2.47 bits per heavy atom. The molecule has 0 fully saturated rings. The number of nitrogens with zero attached hydrogens (tertiary/aromatic N) is 2. The van der Waals surface area contributed by atoms with Crippen LogP contribution >= 0.6 is 0 Å². The fourth-order valence-electron chi connectivity index (χ4n) is 2.04. The maximum absolute atomic E-state index is 4.39. The van der Waals surface area contributed by atoms with Gasteiger partial charge in [0.25, 0.3) is 0 Å². The van der Waals surface area contributed by atoms with E-state index in [4.69, 9.17) is 0 Å². The monoisotopic (exact) mass is 236 g/mol. The Bertz CT molecular complexity index is 277. The van der Waals surface area contributed by atoms with Crippen molar-refractivity contribution in [2.24, 2.45) is 15.9 Å². The third-order valence-electron chi connectivity index (χ3n) is 3.18. The zero-order valence-electron chi connectivity index (χ0n) is 12.2. The Hall–Kier alpha value is -0.920. The molecule has 0 saturated heterocycles. The molecule has 0 rings (SSSR count). The van der Waals surface area contributed by atoms with E-state index in [9.17, 15) is 0 Å². The number of hydrogen-bond donors (Lipinski definition) is 0. The predicted molar refractivity (Wildman–Crippen MR) is 79.2 cm³/mol. The van der Waals surface area contributed by atoms with Gasteiger partial charge in [0.1, 0.15) is 0 Å². The van der Waals surface area contributed by atoms with Crippen LogP contribution in [-0.4, -0.2) is 19.0 Å². The largest absolute Gasteiger partial charge is 0.293 e. The molecule has 0 spiro atoms. The first-order valence-electron chi connectivity index (χ1n) is 6.70. The SMILES string of the molecule is C=NC(C)/C(CC(C)CCCC)=C(C)/N=C\C. The van der Waals surface area contributed by atoms with E-state index < -0.39 is 0 Å². The van der Waals surface area contributed by atoms with E-state index in [1.807, 2.05) is 13.1 Å². The highest BCUT2D eigenvalue weighted by Crippen LogP contribution is 2.24. The lowest BCUT2D eigenvalue weighted by molar-refractivity contribution is 0.489. The first kappa shape index (κ1) is 16.1. The van der Waals surface area contributed by atoms with E-state index in [2.05, 4.69) is 44.4 Å². The minimum absolute atomic E-state index is 0.183. The van der Waals surface area contributed by atoms with Crippen LogP contribution in [0.4, 0.5) is 0 Å². The van der Waals surface area contributed by atoms with Gasteiger partial charge >= 0.3 is 0 Å². The molecule has 0 aliphatic heterocycles. The fraction of sp³-hybridized carbons (Fsp3) is 0.733. The highest BCUT2D eigenvalue weighted by atomic mass is 14.8. The summed E-state index contributed by atoms with van der Waals surface area (Å²) in [5, 5.41) is 0. The van der Waals surface area contributed by atoms with Crippen LogP contribution in [0.15, 0.2) is 21.3 Å². The van der Waals surface area contributed by atoms with Gasteiger partial charge in [-0.1, -0.05) is 33.1 Å². The second-order valence-electron chi connectivity index (χ2n) is 4.81. The molecule has 2 heteroatoms. The molecule has 0 heterocycles. The van der Waals surface area contributed by atoms with Crippen LogP contribution in [0, 0.1) is 5.92 Å². The van der Waals surface area contributed by atoms with Crippen molar-refractivity contribution in [1.29, 1.82) is 0 Å². The van der Waals surface area contributed by atoms with Gasteiger partial charge in [-0.25, -0.2) is 0 Å². The van der Waals surface area contributed by atoms with Crippen LogP contribution in [0.3, 0.4) is 0 Å². The van der Waals surface area contributed by atoms with Crippen molar-refractivity contribution in [2.45, 2.75) is 66.3 Å². The molecule has 17 heavy (non-hydrogen) atoms. The zero-order chi connectivity index (χ0) is 13.3. The molecule has 2 atom stereocenters. The smallest absolute Gasteiger partial charge is 0.0694 e. The molecule has 0 aliphatic rings. The number of rotatable bonds is 8. The van der Waals surface area contributed by atoms with Gasteiger partial charge in [0.2, 0.25) is 0 Å². The van der Waals surface area contributed by atoms with E-state index in [-0.39, 0.29) is 6.04 Å². The van der Waals surface area contributed by atoms with Crippen molar-refractivity contribution in [3.63, 3.8) is 0 Å². The summed E-state index contributed by atoms with van der Waals surface area (Å²) in [6.45, 7) is 14.3. The second-order valence-corrected chi connectivity index (χ2v) is 4.81. The van der Waals surface area contributed by atoms with Crippen LogP contribution < -0.4 is 0 Å². The lowest BCUT2D eigenvalue weighted by atomic mass is 9.92. The van der Waals surface area contributed by atoms with Gasteiger partial charge in [0, 0.05) is 11.9 Å². The molecule has 0 aromatic heterocycles. The van der Waals surface area contributed by atoms with Gasteiger partial charge in [-0.15, -0.1) is 0 Å². The zero-order valence-corrected chi connectivity index (χ0v) is 12.2. The molecule has 98 valence electrons. The lowest BCUT2D eigenvalue weighted by Gasteiger charge is -2.18. The first-order valence-corrected chi connectivity index (χ1v) is 6.70. The molecule has 2 nitrogen and oxygen atoms in total. The highest BCUT2D eigenvalue weighted by molar-refractivity contribution is 5.55. The normalized spacial score (nSPS) is 16.8. The Morgan fingerprint density at radius 2 is 2.00 bits per heavy atom. The van der Waals surface area contributed by atoms with E-state index in [1.165, 1.54) is 24.8 Å². The second kappa shape index (κ2) is 9.15. The predicted octanol–water partition coefficient (Wildman–Crippen LogP) is 4.66. The maximum atomic E-state index is 4.39. The van der Waals surface area contributed by atoms with Crippen molar-refractivity contribution in [3.8, 4) is 0 Å². The molecular weight excluding hydrogens is 208 g/mol. The van der Waals surface area contributed by atoms with Crippen molar-refractivity contribution >= 4 is 12.9 Å². The van der Waals surface area contributed by atoms with E-state index >= 15 is 0 Å². The van der Waals surface area contributed by atoms with E-state index in [0.29, 0.717) is 5.92 Å². The summed E-state index contributed by atoms with van der Waals surface area (Å²) in [5.41, 5.74) is 2.44. The number of allylic oxidation sites excluding steroid dienone is 1. The summed E-state index contributed by atoms with van der Waals surface area (Å²) in [6.07, 6.45) is 6.80. The average Bonchev–Trinajstić information content (AvgIpc) is 2.32. The van der Waals surface area contributed by atoms with Gasteiger partial charge in [0.15, 0.2) is 0 Å². The summed E-state index contributed by atoms with van der Waals surface area (Å²) in [6, 6.07) is 0.183. The van der Waals surface area contributed by atoms with Crippen LogP contribution in [0.1, 0.15) is 60.3 Å². The summed E-state index contributed by atoms with van der Waals surface area (Å²) < 4.78 is 0. The van der Waals surface area contributed by atoms with Gasteiger partial charge in [0.05, 0.1) is 6.04 Å². The maximum Gasteiger partial charge on any atom is 0.0694 e. The number of hydrogen-bond acceptors (Lipinski definition) is 2. The van der Waals surface area contributed by atoms with Gasteiger partial charge in [-0.05, 0) is 45.4 Å². The molecular formula is C15H28N2. The number of unbranched alkanes of at least 4 members (excludes halogenated alkanes) is 1. The van der Waals surface area contributed by atoms with Crippen molar-refractivity contribution in [2.75, 3.05) is 0 Å². The average molecular weight is 236 g/mol. The van der Waals surface area contributed by atoms with Crippen LogP contribution in [0.25, 0.3) is 0 Å². The summed E-state index contributed by atoms with van der Waals surface area (Å²) in [4.78, 5) is 8.54. The lowest BCUT2D eigenvalue weighted by Crippen LogP contribution is -2.09. The molecule has 0 bridgehead atoms. The van der Waals surface area contributed by atoms with Crippen LogP contribution in [-0.2, 0) is 0 Å².